The highest BCUT2D eigenvalue weighted by atomic mass is 32.1. The number of aromatic nitrogens is 2. The SMILES string of the molecule is Cc1cccc(-c2cs[c]n2)n1. The van der Waals surface area contributed by atoms with Crippen LogP contribution < -0.4 is 0 Å². The highest BCUT2D eigenvalue weighted by molar-refractivity contribution is 7.07. The molecule has 0 aliphatic rings. The summed E-state index contributed by atoms with van der Waals surface area (Å²) in [6.45, 7) is 1.97. The van der Waals surface area contributed by atoms with Crippen LogP contribution in [0, 0.1) is 12.4 Å². The van der Waals surface area contributed by atoms with Crippen LogP contribution in [0.15, 0.2) is 23.6 Å². The molecule has 2 heterocycles. The lowest BCUT2D eigenvalue weighted by atomic mass is 10.3. The van der Waals surface area contributed by atoms with E-state index in [1.165, 1.54) is 11.3 Å². The van der Waals surface area contributed by atoms with Crippen molar-refractivity contribution in [2.45, 2.75) is 6.92 Å². The van der Waals surface area contributed by atoms with Crippen LogP contribution in [0.1, 0.15) is 5.69 Å². The Morgan fingerprint density at radius 3 is 2.92 bits per heavy atom. The quantitative estimate of drug-likeness (QED) is 0.664. The molecule has 0 spiro atoms. The topological polar surface area (TPSA) is 25.8 Å². The van der Waals surface area contributed by atoms with E-state index < -0.39 is 0 Å². The lowest BCUT2D eigenvalue weighted by Crippen LogP contribution is -1.85. The molecule has 2 nitrogen and oxygen atoms in total. The van der Waals surface area contributed by atoms with Gasteiger partial charge in [-0.2, -0.15) is 0 Å². The zero-order chi connectivity index (χ0) is 8.39. The van der Waals surface area contributed by atoms with Crippen LogP contribution in [-0.2, 0) is 0 Å². The van der Waals surface area contributed by atoms with Gasteiger partial charge in [-0.05, 0) is 19.1 Å². The summed E-state index contributed by atoms with van der Waals surface area (Å²) in [6.07, 6.45) is 0. The minimum atomic E-state index is 0.906. The molecule has 59 valence electrons. The van der Waals surface area contributed by atoms with Gasteiger partial charge in [0.1, 0.15) is 5.69 Å². The van der Waals surface area contributed by atoms with E-state index in [4.69, 9.17) is 0 Å². The maximum atomic E-state index is 4.34. The average Bonchev–Trinajstić information content (AvgIpc) is 2.56. The Hall–Kier alpha value is -1.22. The maximum absolute atomic E-state index is 4.34. The van der Waals surface area contributed by atoms with Gasteiger partial charge in [-0.3, -0.25) is 4.98 Å². The largest absolute Gasteiger partial charge is 0.251 e. The monoisotopic (exact) mass is 175 g/mol. The van der Waals surface area contributed by atoms with Gasteiger partial charge >= 0.3 is 0 Å². The lowest BCUT2D eigenvalue weighted by molar-refractivity contribution is 1.19. The van der Waals surface area contributed by atoms with E-state index in [0.717, 1.165) is 17.1 Å². The second-order valence-electron chi connectivity index (χ2n) is 2.49. The third-order valence-electron chi connectivity index (χ3n) is 1.54. The Labute approximate surface area is 74.9 Å². The van der Waals surface area contributed by atoms with Crippen molar-refractivity contribution in [3.63, 3.8) is 0 Å². The minimum absolute atomic E-state index is 0.906. The number of nitrogens with zero attached hydrogens (tertiary/aromatic N) is 2. The van der Waals surface area contributed by atoms with Crippen molar-refractivity contribution in [2.75, 3.05) is 0 Å². The van der Waals surface area contributed by atoms with Gasteiger partial charge in [0.05, 0.1) is 5.69 Å². The Bertz CT molecular complexity index is 368. The molecule has 12 heavy (non-hydrogen) atoms. The van der Waals surface area contributed by atoms with E-state index in [2.05, 4.69) is 15.5 Å². The van der Waals surface area contributed by atoms with Crippen molar-refractivity contribution in [3.05, 3.63) is 34.8 Å². The normalized spacial score (nSPS) is 10.1. The first-order chi connectivity index (χ1) is 5.86. The molecule has 2 aromatic heterocycles. The molecule has 0 saturated carbocycles. The first-order valence-corrected chi connectivity index (χ1v) is 4.50. The van der Waals surface area contributed by atoms with Gasteiger partial charge in [-0.15, -0.1) is 11.3 Å². The van der Waals surface area contributed by atoms with Gasteiger partial charge in [0, 0.05) is 11.1 Å². The molecule has 0 aromatic carbocycles. The summed E-state index contributed by atoms with van der Waals surface area (Å²) >= 11 is 1.46. The van der Waals surface area contributed by atoms with Gasteiger partial charge in [0.15, 0.2) is 5.51 Å². The smallest absolute Gasteiger partial charge is 0.152 e. The Kier molecular flexibility index (Phi) is 1.87. The summed E-state index contributed by atoms with van der Waals surface area (Å²) in [4.78, 5) is 8.40. The molecule has 2 aromatic rings. The summed E-state index contributed by atoms with van der Waals surface area (Å²) in [5.74, 6) is 0. The first kappa shape index (κ1) is 7.43. The van der Waals surface area contributed by atoms with Crippen molar-refractivity contribution in [3.8, 4) is 11.4 Å². The third-order valence-corrected chi connectivity index (χ3v) is 2.08. The van der Waals surface area contributed by atoms with Crippen LogP contribution in [0.3, 0.4) is 0 Å². The van der Waals surface area contributed by atoms with Crippen molar-refractivity contribution in [1.82, 2.24) is 9.97 Å². The number of thiazole rings is 1. The van der Waals surface area contributed by atoms with E-state index in [-0.39, 0.29) is 0 Å². The van der Waals surface area contributed by atoms with Crippen LogP contribution in [0.4, 0.5) is 0 Å². The molecule has 0 saturated heterocycles. The van der Waals surface area contributed by atoms with Crippen molar-refractivity contribution in [2.24, 2.45) is 0 Å². The fraction of sp³-hybridized carbons (Fsp3) is 0.111. The van der Waals surface area contributed by atoms with E-state index in [1.54, 1.807) is 0 Å². The Morgan fingerprint density at radius 1 is 1.33 bits per heavy atom. The maximum Gasteiger partial charge on any atom is 0.152 e. The number of pyridine rings is 1. The van der Waals surface area contributed by atoms with Gasteiger partial charge in [-0.1, -0.05) is 6.07 Å². The number of hydrogen-bond donors (Lipinski definition) is 0. The second kappa shape index (κ2) is 3.03. The van der Waals surface area contributed by atoms with Gasteiger partial charge in [-0.25, -0.2) is 4.98 Å². The lowest BCUT2D eigenvalue weighted by Gasteiger charge is -1.95. The third kappa shape index (κ3) is 1.36. The predicted molar refractivity (Wildman–Crippen MR) is 48.9 cm³/mol. The molecule has 1 radical (unpaired) electrons. The molecule has 0 unspecified atom stereocenters. The molecule has 2 rings (SSSR count). The molecule has 0 N–H and O–H groups in total. The summed E-state index contributed by atoms with van der Waals surface area (Å²) in [5.41, 5.74) is 5.64. The number of hydrogen-bond acceptors (Lipinski definition) is 3. The molecule has 0 aliphatic carbocycles. The van der Waals surface area contributed by atoms with Crippen molar-refractivity contribution in [1.29, 1.82) is 0 Å². The van der Waals surface area contributed by atoms with Crippen LogP contribution in [-0.4, -0.2) is 9.97 Å². The van der Waals surface area contributed by atoms with Gasteiger partial charge in [0.2, 0.25) is 0 Å². The van der Waals surface area contributed by atoms with Gasteiger partial charge in [0.25, 0.3) is 0 Å². The number of aryl methyl sites for hydroxylation is 1. The molecular formula is C9H7N2S. The fourth-order valence-corrected chi connectivity index (χ4v) is 1.48. The fourth-order valence-electron chi connectivity index (χ4n) is 0.987. The molecular weight excluding hydrogens is 168 g/mol. The summed E-state index contributed by atoms with van der Waals surface area (Å²) in [7, 11) is 0. The molecule has 0 atom stereocenters. The van der Waals surface area contributed by atoms with Crippen LogP contribution in [0.2, 0.25) is 0 Å². The second-order valence-corrected chi connectivity index (χ2v) is 3.14. The highest BCUT2D eigenvalue weighted by Gasteiger charge is 1.99. The molecule has 0 aliphatic heterocycles. The van der Waals surface area contributed by atoms with Crippen molar-refractivity contribution < 1.29 is 0 Å². The first-order valence-electron chi connectivity index (χ1n) is 3.62. The minimum Gasteiger partial charge on any atom is -0.251 e. The van der Waals surface area contributed by atoms with E-state index >= 15 is 0 Å². The summed E-state index contributed by atoms with van der Waals surface area (Å²) in [6, 6.07) is 5.91. The molecule has 0 bridgehead atoms. The summed E-state index contributed by atoms with van der Waals surface area (Å²) in [5, 5.41) is 1.95. The zero-order valence-corrected chi connectivity index (χ0v) is 7.43. The zero-order valence-electron chi connectivity index (χ0n) is 6.61. The molecule has 0 amide bonds. The number of rotatable bonds is 1. The van der Waals surface area contributed by atoms with Crippen LogP contribution >= 0.6 is 11.3 Å². The Balaban J connectivity index is 2.48. The summed E-state index contributed by atoms with van der Waals surface area (Å²) < 4.78 is 0. The molecule has 0 fully saturated rings. The van der Waals surface area contributed by atoms with E-state index in [0.29, 0.717) is 0 Å². The average molecular weight is 175 g/mol. The van der Waals surface area contributed by atoms with Crippen LogP contribution in [0.25, 0.3) is 11.4 Å². The van der Waals surface area contributed by atoms with E-state index in [9.17, 15) is 0 Å². The standard InChI is InChI=1S/C9H7N2S/c1-7-3-2-4-8(11-7)9-5-12-6-10-9/h2-5H,1H3. The predicted octanol–water partition coefficient (Wildman–Crippen LogP) is 2.31. The van der Waals surface area contributed by atoms with E-state index in [1.807, 2.05) is 30.5 Å². The highest BCUT2D eigenvalue weighted by Crippen LogP contribution is 2.15. The van der Waals surface area contributed by atoms with Crippen molar-refractivity contribution >= 4 is 11.3 Å². The van der Waals surface area contributed by atoms with Crippen LogP contribution in [0.5, 0.6) is 0 Å². The molecule has 3 heteroatoms. The Morgan fingerprint density at radius 2 is 2.25 bits per heavy atom. The van der Waals surface area contributed by atoms with Gasteiger partial charge < -0.3 is 0 Å².